The summed E-state index contributed by atoms with van der Waals surface area (Å²) in [7, 11) is 3.18. The first-order chi connectivity index (χ1) is 11.7. The molecule has 24 heavy (non-hydrogen) atoms. The van der Waals surface area contributed by atoms with Crippen LogP contribution in [0.5, 0.6) is 0 Å². The molecule has 2 aliphatic heterocycles. The molecule has 6 heteroatoms. The SMILES string of the molecule is CO.Cc1cc2c(s1)Nc1ccccc1N=C2N1CCN(C)CC1. The van der Waals surface area contributed by atoms with Gasteiger partial charge in [-0.15, -0.1) is 11.3 Å². The first-order valence-electron chi connectivity index (χ1n) is 8.14. The molecule has 5 nitrogen and oxygen atoms in total. The average Bonchev–Trinajstić information content (AvgIpc) is 2.89. The number of aliphatic hydroxyl groups is 1. The van der Waals surface area contributed by atoms with Crippen molar-refractivity contribution in [2.45, 2.75) is 6.92 Å². The Morgan fingerprint density at radius 2 is 1.83 bits per heavy atom. The summed E-state index contributed by atoms with van der Waals surface area (Å²) >= 11 is 1.81. The van der Waals surface area contributed by atoms with Crippen LogP contribution in [0.25, 0.3) is 0 Å². The summed E-state index contributed by atoms with van der Waals surface area (Å²) in [6, 6.07) is 10.6. The Labute approximate surface area is 147 Å². The highest BCUT2D eigenvalue weighted by molar-refractivity contribution is 7.16. The normalized spacial score (nSPS) is 16.8. The van der Waals surface area contributed by atoms with Crippen molar-refractivity contribution in [3.63, 3.8) is 0 Å². The molecule has 1 aromatic heterocycles. The van der Waals surface area contributed by atoms with E-state index in [1.165, 1.54) is 15.4 Å². The van der Waals surface area contributed by atoms with Crippen molar-refractivity contribution in [3.8, 4) is 0 Å². The monoisotopic (exact) mass is 344 g/mol. The second-order valence-corrected chi connectivity index (χ2v) is 7.22. The lowest BCUT2D eigenvalue weighted by Crippen LogP contribution is -2.47. The fourth-order valence-electron chi connectivity index (χ4n) is 3.01. The molecule has 0 amide bonds. The Morgan fingerprint density at radius 3 is 2.58 bits per heavy atom. The van der Waals surface area contributed by atoms with Gasteiger partial charge in [-0.05, 0) is 32.2 Å². The summed E-state index contributed by atoms with van der Waals surface area (Å²) in [5, 5.41) is 11.8. The van der Waals surface area contributed by atoms with E-state index in [0.29, 0.717) is 0 Å². The molecule has 0 radical (unpaired) electrons. The van der Waals surface area contributed by atoms with Crippen molar-refractivity contribution in [2.75, 3.05) is 45.7 Å². The topological polar surface area (TPSA) is 51.1 Å². The highest BCUT2D eigenvalue weighted by Gasteiger charge is 2.25. The van der Waals surface area contributed by atoms with Crippen LogP contribution in [0.3, 0.4) is 0 Å². The standard InChI is InChI=1S/C17H20N4S.CH4O/c1-12-11-13-16(21-9-7-20(2)8-10-21)18-14-5-3-4-6-15(14)19-17(13)22-12;1-2/h3-6,11,19H,7-10H2,1-2H3;2H,1H3. The molecular formula is C18H24N4OS. The highest BCUT2D eigenvalue weighted by Crippen LogP contribution is 2.39. The molecule has 2 N–H and O–H groups in total. The number of para-hydroxylation sites is 2. The van der Waals surface area contributed by atoms with Crippen molar-refractivity contribution >= 4 is 33.5 Å². The van der Waals surface area contributed by atoms with Gasteiger partial charge in [0.25, 0.3) is 0 Å². The number of hydrogen-bond acceptors (Lipinski definition) is 6. The summed E-state index contributed by atoms with van der Waals surface area (Å²) in [5.41, 5.74) is 3.36. The predicted molar refractivity (Wildman–Crippen MR) is 102 cm³/mol. The summed E-state index contributed by atoms with van der Waals surface area (Å²) in [4.78, 5) is 11.1. The molecule has 0 spiro atoms. The van der Waals surface area contributed by atoms with E-state index in [4.69, 9.17) is 10.1 Å². The predicted octanol–water partition coefficient (Wildman–Crippen LogP) is 3.05. The number of fused-ring (bicyclic) bond motifs is 2. The van der Waals surface area contributed by atoms with Crippen LogP contribution < -0.4 is 5.32 Å². The number of benzene rings is 1. The lowest BCUT2D eigenvalue weighted by Gasteiger charge is -2.34. The second-order valence-electron chi connectivity index (χ2n) is 5.97. The number of aliphatic hydroxyl groups excluding tert-OH is 1. The number of amidine groups is 1. The van der Waals surface area contributed by atoms with E-state index < -0.39 is 0 Å². The van der Waals surface area contributed by atoms with Crippen LogP contribution in [0.15, 0.2) is 35.3 Å². The van der Waals surface area contributed by atoms with Crippen LogP contribution in [0, 0.1) is 6.92 Å². The molecule has 1 fully saturated rings. The van der Waals surface area contributed by atoms with Gasteiger partial charge in [0.2, 0.25) is 0 Å². The van der Waals surface area contributed by atoms with Crippen LogP contribution in [0.2, 0.25) is 0 Å². The molecule has 4 rings (SSSR count). The van der Waals surface area contributed by atoms with Crippen LogP contribution in [-0.4, -0.2) is 61.1 Å². The maximum Gasteiger partial charge on any atom is 0.139 e. The lowest BCUT2D eigenvalue weighted by molar-refractivity contribution is 0.216. The van der Waals surface area contributed by atoms with Crippen LogP contribution >= 0.6 is 11.3 Å². The molecule has 0 bridgehead atoms. The van der Waals surface area contributed by atoms with E-state index in [-0.39, 0.29) is 0 Å². The third-order valence-electron chi connectivity index (χ3n) is 4.28. The Balaban J connectivity index is 0.000000815. The quantitative estimate of drug-likeness (QED) is 0.771. The number of hydrogen-bond donors (Lipinski definition) is 2. The molecule has 1 aromatic carbocycles. The minimum absolute atomic E-state index is 1.00. The summed E-state index contributed by atoms with van der Waals surface area (Å²) in [6.07, 6.45) is 0. The number of likely N-dealkylation sites (N-methyl/N-ethyl adjacent to an activating group) is 1. The molecule has 0 unspecified atom stereocenters. The number of nitrogens with one attached hydrogen (secondary N) is 1. The minimum Gasteiger partial charge on any atom is -0.400 e. The van der Waals surface area contributed by atoms with Gasteiger partial charge in [-0.1, -0.05) is 12.1 Å². The average molecular weight is 344 g/mol. The van der Waals surface area contributed by atoms with Gasteiger partial charge in [0.1, 0.15) is 10.8 Å². The van der Waals surface area contributed by atoms with Gasteiger partial charge in [0, 0.05) is 38.2 Å². The summed E-state index contributed by atoms with van der Waals surface area (Å²) in [6.45, 7) is 6.41. The molecule has 0 saturated carbocycles. The van der Waals surface area contributed by atoms with Gasteiger partial charge in [-0.25, -0.2) is 4.99 Å². The van der Waals surface area contributed by atoms with E-state index in [0.717, 1.165) is 50.5 Å². The fourth-order valence-corrected chi connectivity index (χ4v) is 3.93. The van der Waals surface area contributed by atoms with Gasteiger partial charge in [0.05, 0.1) is 16.9 Å². The van der Waals surface area contributed by atoms with Crippen LogP contribution in [0.1, 0.15) is 10.4 Å². The molecule has 2 aromatic rings. The van der Waals surface area contributed by atoms with Gasteiger partial charge in [-0.2, -0.15) is 0 Å². The van der Waals surface area contributed by atoms with E-state index in [1.807, 2.05) is 0 Å². The highest BCUT2D eigenvalue weighted by atomic mass is 32.1. The van der Waals surface area contributed by atoms with Crippen molar-refractivity contribution in [1.82, 2.24) is 9.80 Å². The summed E-state index contributed by atoms with van der Waals surface area (Å²) < 4.78 is 0. The van der Waals surface area contributed by atoms with Gasteiger partial charge in [-0.3, -0.25) is 0 Å². The maximum absolute atomic E-state index is 7.00. The zero-order chi connectivity index (χ0) is 17.1. The van der Waals surface area contributed by atoms with E-state index in [2.05, 4.69) is 59.4 Å². The Morgan fingerprint density at radius 1 is 1.12 bits per heavy atom. The number of aliphatic imine (C=N–C) groups is 1. The van der Waals surface area contributed by atoms with E-state index in [1.54, 1.807) is 11.3 Å². The second kappa shape index (κ2) is 7.34. The first-order valence-corrected chi connectivity index (χ1v) is 8.96. The number of thiophene rings is 1. The molecule has 2 aliphatic rings. The van der Waals surface area contributed by atoms with Crippen molar-refractivity contribution in [3.05, 3.63) is 40.8 Å². The van der Waals surface area contributed by atoms with Crippen molar-refractivity contribution in [2.24, 2.45) is 4.99 Å². The summed E-state index contributed by atoms with van der Waals surface area (Å²) in [5.74, 6) is 1.12. The van der Waals surface area contributed by atoms with Gasteiger partial charge < -0.3 is 20.2 Å². The van der Waals surface area contributed by atoms with E-state index in [9.17, 15) is 0 Å². The number of nitrogens with zero attached hydrogens (tertiary/aromatic N) is 3. The molecule has 1 saturated heterocycles. The lowest BCUT2D eigenvalue weighted by atomic mass is 10.2. The number of anilines is 2. The minimum atomic E-state index is 1.00. The largest absolute Gasteiger partial charge is 0.400 e. The zero-order valence-electron chi connectivity index (χ0n) is 14.4. The number of aryl methyl sites for hydroxylation is 1. The molecular weight excluding hydrogens is 320 g/mol. The Kier molecular flexibility index (Phi) is 5.18. The van der Waals surface area contributed by atoms with Crippen LogP contribution in [-0.2, 0) is 0 Å². The number of rotatable bonds is 0. The molecule has 0 atom stereocenters. The smallest absolute Gasteiger partial charge is 0.139 e. The molecule has 3 heterocycles. The maximum atomic E-state index is 7.00. The third kappa shape index (κ3) is 3.31. The Bertz CT molecular complexity index is 732. The van der Waals surface area contributed by atoms with Crippen molar-refractivity contribution in [1.29, 1.82) is 0 Å². The third-order valence-corrected chi connectivity index (χ3v) is 5.24. The van der Waals surface area contributed by atoms with Crippen molar-refractivity contribution < 1.29 is 5.11 Å². The van der Waals surface area contributed by atoms with E-state index >= 15 is 0 Å². The molecule has 128 valence electrons. The van der Waals surface area contributed by atoms with Gasteiger partial charge >= 0.3 is 0 Å². The fraction of sp³-hybridized carbons (Fsp3) is 0.389. The Hall–Kier alpha value is -1.89. The number of piperazine rings is 1. The van der Waals surface area contributed by atoms with Crippen LogP contribution in [0.4, 0.5) is 16.4 Å². The van der Waals surface area contributed by atoms with Gasteiger partial charge in [0.15, 0.2) is 0 Å². The zero-order valence-corrected chi connectivity index (χ0v) is 15.2. The molecule has 0 aliphatic carbocycles. The first kappa shape index (κ1) is 17.0.